The molecule has 5 heterocycles. The van der Waals surface area contributed by atoms with E-state index in [0.29, 0.717) is 19.4 Å². The van der Waals surface area contributed by atoms with E-state index in [1.54, 1.807) is 13.8 Å². The Balaban J connectivity index is 1.64. The molecule has 0 amide bonds. The van der Waals surface area contributed by atoms with Crippen LogP contribution in [0.4, 0.5) is 0 Å². The highest BCUT2D eigenvalue weighted by atomic mass is 35.5. The minimum Gasteiger partial charge on any atom is -0.462 e. The highest BCUT2D eigenvalue weighted by Gasteiger charge is 2.85. The average Bonchev–Trinajstić information content (AvgIpc) is 3.77. The van der Waals surface area contributed by atoms with E-state index >= 15 is 0 Å². The number of aliphatic hydroxyl groups excluding tert-OH is 1. The summed E-state index contributed by atoms with van der Waals surface area (Å²) in [7, 11) is 0. The monoisotopic (exact) mass is 572 g/mol. The predicted molar refractivity (Wildman–Crippen MR) is 127 cm³/mol. The zero-order chi connectivity index (χ0) is 28.3. The fourth-order valence-corrected chi connectivity index (χ4v) is 8.65. The van der Waals surface area contributed by atoms with Gasteiger partial charge in [0.15, 0.2) is 11.7 Å². The molecule has 2 unspecified atom stereocenters. The molecule has 1 saturated carbocycles. The van der Waals surface area contributed by atoms with E-state index in [1.807, 2.05) is 0 Å². The second kappa shape index (κ2) is 8.51. The number of aliphatic hydroxyl groups is 1. The largest absolute Gasteiger partial charge is 0.462 e. The summed E-state index contributed by atoms with van der Waals surface area (Å²) in [5, 5.41) is 9.67. The molecular formula is C26H33ClO12. The Hall–Kier alpha value is -1.99. The van der Waals surface area contributed by atoms with Crippen LogP contribution < -0.4 is 0 Å². The molecule has 39 heavy (non-hydrogen) atoms. The number of halogens is 1. The Bertz CT molecular complexity index is 1120. The summed E-state index contributed by atoms with van der Waals surface area (Å²) in [6, 6.07) is 0. The summed E-state index contributed by atoms with van der Waals surface area (Å²) in [5.41, 5.74) is -5.36. The van der Waals surface area contributed by atoms with Gasteiger partial charge in [-0.1, -0.05) is 6.92 Å². The molecule has 13 atom stereocenters. The van der Waals surface area contributed by atoms with Crippen molar-refractivity contribution in [3.05, 3.63) is 0 Å². The summed E-state index contributed by atoms with van der Waals surface area (Å²) in [6.07, 6.45) is -5.05. The lowest BCUT2D eigenvalue weighted by Gasteiger charge is -2.56. The summed E-state index contributed by atoms with van der Waals surface area (Å²) < 4.78 is 42.7. The maximum Gasteiger partial charge on any atom is 0.312 e. The van der Waals surface area contributed by atoms with Gasteiger partial charge >= 0.3 is 23.9 Å². The van der Waals surface area contributed by atoms with Gasteiger partial charge in [-0.3, -0.25) is 19.2 Å². The minimum absolute atomic E-state index is 0.291. The van der Waals surface area contributed by atoms with Gasteiger partial charge in [-0.05, 0) is 19.8 Å². The molecule has 12 nitrogen and oxygen atoms in total. The van der Waals surface area contributed by atoms with E-state index in [4.69, 9.17) is 44.8 Å². The average molecular weight is 573 g/mol. The summed E-state index contributed by atoms with van der Waals surface area (Å²) in [5.74, 6) is -4.20. The molecule has 1 aliphatic carbocycles. The predicted octanol–water partition coefficient (Wildman–Crippen LogP) is 0.417. The first-order valence-electron chi connectivity index (χ1n) is 13.2. The van der Waals surface area contributed by atoms with Crippen LogP contribution in [0.3, 0.4) is 0 Å². The van der Waals surface area contributed by atoms with Crippen LogP contribution in [-0.4, -0.2) is 101 Å². The first-order chi connectivity index (χ1) is 18.3. The van der Waals surface area contributed by atoms with Crippen LogP contribution in [0, 0.1) is 17.3 Å². The quantitative estimate of drug-likeness (QED) is 0.214. The number of rotatable bonds is 4. The van der Waals surface area contributed by atoms with Crippen molar-refractivity contribution in [2.75, 3.05) is 13.2 Å². The molecule has 5 aliphatic heterocycles. The van der Waals surface area contributed by atoms with E-state index < -0.39 is 107 Å². The number of epoxide rings is 2. The normalized spacial score (nSPS) is 52.7. The zero-order valence-electron chi connectivity index (χ0n) is 22.3. The lowest BCUT2D eigenvalue weighted by Crippen LogP contribution is -2.69. The smallest absolute Gasteiger partial charge is 0.312 e. The Morgan fingerprint density at radius 1 is 1.05 bits per heavy atom. The number of carbonyl (C=O) groups excluding carboxylic acids is 4. The molecule has 2 bridgehead atoms. The molecule has 2 spiro atoms. The van der Waals surface area contributed by atoms with Crippen molar-refractivity contribution in [3.8, 4) is 0 Å². The van der Waals surface area contributed by atoms with Gasteiger partial charge in [-0.25, -0.2) is 0 Å². The van der Waals surface area contributed by atoms with Gasteiger partial charge < -0.3 is 38.3 Å². The maximum absolute atomic E-state index is 13.1. The molecule has 0 aromatic rings. The molecule has 0 aromatic carbocycles. The van der Waals surface area contributed by atoms with Crippen molar-refractivity contribution in [3.63, 3.8) is 0 Å². The standard InChI is InChI=1S/C26H33ClO12/c1-10-22(32)38-21-17(27)25(8-28)19-15(37-19)18(35-12(3)30)23(5)14(34-11(2)29)6-7-24(9-33-24)16(23)20(36-13(4)31)26(10,21)39-25/h10,14-21,28H,6-9H2,1-5H3/t10-,14-,15-,16+,17+,18-,19+,20-,21-,23-,24-,25?,26?/m0/s1. The van der Waals surface area contributed by atoms with Crippen LogP contribution >= 0.6 is 11.6 Å². The number of alkyl halides is 1. The van der Waals surface area contributed by atoms with E-state index in [-0.39, 0.29) is 0 Å². The summed E-state index contributed by atoms with van der Waals surface area (Å²) in [6.45, 7) is 6.87. The van der Waals surface area contributed by atoms with Crippen LogP contribution in [0.5, 0.6) is 0 Å². The molecule has 0 radical (unpaired) electrons. The highest BCUT2D eigenvalue weighted by Crippen LogP contribution is 2.68. The van der Waals surface area contributed by atoms with Crippen molar-refractivity contribution in [2.45, 2.75) is 106 Å². The number of hydrogen-bond donors (Lipinski definition) is 1. The molecule has 6 rings (SSSR count). The zero-order valence-corrected chi connectivity index (χ0v) is 23.1. The third-order valence-electron chi connectivity index (χ3n) is 9.90. The van der Waals surface area contributed by atoms with Gasteiger partial charge in [0.25, 0.3) is 0 Å². The molecule has 5 saturated heterocycles. The number of hydrogen-bond acceptors (Lipinski definition) is 12. The number of carbonyl (C=O) groups is 4. The Kier molecular flexibility index (Phi) is 5.93. The Morgan fingerprint density at radius 2 is 1.67 bits per heavy atom. The fourth-order valence-electron chi connectivity index (χ4n) is 8.16. The van der Waals surface area contributed by atoms with Gasteiger partial charge in [-0.2, -0.15) is 0 Å². The van der Waals surface area contributed by atoms with Crippen LogP contribution in [0.2, 0.25) is 0 Å². The van der Waals surface area contributed by atoms with Crippen molar-refractivity contribution < 1.29 is 57.4 Å². The summed E-state index contributed by atoms with van der Waals surface area (Å²) >= 11 is 6.97. The van der Waals surface area contributed by atoms with Gasteiger partial charge in [0.2, 0.25) is 0 Å². The molecule has 1 N–H and O–H groups in total. The van der Waals surface area contributed by atoms with Gasteiger partial charge in [-0.15, -0.1) is 11.6 Å². The Labute approximate surface area is 229 Å². The van der Waals surface area contributed by atoms with Crippen LogP contribution in [-0.2, 0) is 52.3 Å². The van der Waals surface area contributed by atoms with E-state index in [0.717, 1.165) is 0 Å². The van der Waals surface area contributed by atoms with Gasteiger partial charge in [0.05, 0.1) is 30.1 Å². The minimum atomic E-state index is -1.65. The lowest BCUT2D eigenvalue weighted by atomic mass is 9.52. The van der Waals surface area contributed by atoms with E-state index in [9.17, 15) is 24.3 Å². The van der Waals surface area contributed by atoms with Crippen molar-refractivity contribution in [1.82, 2.24) is 0 Å². The maximum atomic E-state index is 13.1. The molecule has 0 aromatic heterocycles. The second-order valence-corrected chi connectivity index (χ2v) is 12.4. The van der Waals surface area contributed by atoms with E-state index in [1.165, 1.54) is 20.8 Å². The topological polar surface area (TPSA) is 160 Å². The highest BCUT2D eigenvalue weighted by molar-refractivity contribution is 6.22. The molecule has 13 heteroatoms. The lowest BCUT2D eigenvalue weighted by molar-refractivity contribution is -0.255. The molecule has 6 fully saturated rings. The molecular weight excluding hydrogens is 540 g/mol. The van der Waals surface area contributed by atoms with Gasteiger partial charge in [0, 0.05) is 26.7 Å². The number of ether oxygens (including phenoxy) is 7. The van der Waals surface area contributed by atoms with Crippen molar-refractivity contribution in [2.24, 2.45) is 17.3 Å². The first-order valence-corrected chi connectivity index (χ1v) is 13.7. The third-order valence-corrected chi connectivity index (χ3v) is 10.5. The molecule has 216 valence electrons. The Morgan fingerprint density at radius 3 is 2.23 bits per heavy atom. The van der Waals surface area contributed by atoms with Crippen LogP contribution in [0.15, 0.2) is 0 Å². The van der Waals surface area contributed by atoms with Crippen LogP contribution in [0.25, 0.3) is 0 Å². The molecule has 6 aliphatic rings. The second-order valence-electron chi connectivity index (χ2n) is 12.0. The third kappa shape index (κ3) is 3.44. The van der Waals surface area contributed by atoms with Gasteiger partial charge in [0.1, 0.15) is 41.5 Å². The van der Waals surface area contributed by atoms with E-state index in [2.05, 4.69) is 0 Å². The number of esters is 4. The van der Waals surface area contributed by atoms with Crippen molar-refractivity contribution >= 4 is 35.5 Å². The first kappa shape index (κ1) is 27.2. The summed E-state index contributed by atoms with van der Waals surface area (Å²) in [4.78, 5) is 50.7. The SMILES string of the molecule is CC(=O)O[C@H]1CC[C@]2(CO2)[C@@H]2[C@H](OC(C)=O)C34OC(CO)([C@H](Cl)[C@@H]3OC(=O)[C@@H]4C)[C@@H]3O[C@H]3[C@H](OC(C)=O)[C@@]12C. The van der Waals surface area contributed by atoms with Crippen molar-refractivity contribution in [1.29, 1.82) is 0 Å². The van der Waals surface area contributed by atoms with Crippen LogP contribution in [0.1, 0.15) is 47.5 Å². The number of fused-ring (bicyclic) bond motifs is 5. The fraction of sp³-hybridized carbons (Fsp3) is 0.846.